The molecule has 3 nitrogen and oxygen atoms in total. The molecular formula is C20H19BrN2OS. The Kier molecular flexibility index (Phi) is 7.77. The third kappa shape index (κ3) is 6.41. The highest BCUT2D eigenvalue weighted by Crippen LogP contribution is 2.21. The van der Waals surface area contributed by atoms with Crippen LogP contribution in [0.5, 0.6) is 0 Å². The minimum Gasteiger partial charge on any atom is -0.335 e. The second-order valence-corrected chi connectivity index (χ2v) is 7.51. The lowest BCUT2D eigenvalue weighted by molar-refractivity contribution is -0.130. The molecule has 0 aliphatic heterocycles. The van der Waals surface area contributed by atoms with Crippen LogP contribution in [0.2, 0.25) is 0 Å². The highest BCUT2D eigenvalue weighted by atomic mass is 79.9. The van der Waals surface area contributed by atoms with Crippen LogP contribution in [0.15, 0.2) is 70.6 Å². The smallest absolute Gasteiger partial charge is 0.223 e. The first-order chi connectivity index (χ1) is 12.1. The quantitative estimate of drug-likeness (QED) is 0.449. The van der Waals surface area contributed by atoms with Crippen molar-refractivity contribution in [3.05, 3.63) is 76.8 Å². The molecule has 0 saturated heterocycles. The minimum absolute atomic E-state index is 0.105. The zero-order chi connectivity index (χ0) is 18.1. The lowest BCUT2D eigenvalue weighted by Crippen LogP contribution is -2.30. The predicted octanol–water partition coefficient (Wildman–Crippen LogP) is 5.02. The summed E-state index contributed by atoms with van der Waals surface area (Å²) in [7, 11) is 0. The summed E-state index contributed by atoms with van der Waals surface area (Å²) in [6.07, 6.45) is 2.22. The van der Waals surface area contributed by atoms with Gasteiger partial charge in [-0.3, -0.25) is 4.79 Å². The third-order valence-corrected chi connectivity index (χ3v) is 5.10. The van der Waals surface area contributed by atoms with Gasteiger partial charge in [0.2, 0.25) is 5.91 Å². The summed E-state index contributed by atoms with van der Waals surface area (Å²) in [6, 6.07) is 17.5. The number of carbonyl (C=O) groups is 1. The van der Waals surface area contributed by atoms with Gasteiger partial charge in [0.05, 0.1) is 11.6 Å². The average molecular weight is 415 g/mol. The zero-order valence-electron chi connectivity index (χ0n) is 13.8. The van der Waals surface area contributed by atoms with Crippen molar-refractivity contribution in [1.82, 2.24) is 4.90 Å². The summed E-state index contributed by atoms with van der Waals surface area (Å²) in [6.45, 7) is 4.78. The molecule has 0 atom stereocenters. The Bertz CT molecular complexity index is 751. The highest BCUT2D eigenvalue weighted by Gasteiger charge is 2.12. The second-order valence-electron chi connectivity index (χ2n) is 5.42. The van der Waals surface area contributed by atoms with Crippen molar-refractivity contribution in [2.24, 2.45) is 0 Å². The molecule has 0 aliphatic rings. The molecule has 0 aromatic heterocycles. The Hall–Kier alpha value is -2.03. The summed E-state index contributed by atoms with van der Waals surface area (Å²) in [5, 5.41) is 8.86. The van der Waals surface area contributed by atoms with Gasteiger partial charge in [-0.05, 0) is 42.0 Å². The normalized spacial score (nSPS) is 10.1. The summed E-state index contributed by atoms with van der Waals surface area (Å²) in [5.41, 5.74) is 1.63. The molecule has 128 valence electrons. The van der Waals surface area contributed by atoms with Crippen LogP contribution in [0.25, 0.3) is 0 Å². The maximum absolute atomic E-state index is 12.5. The van der Waals surface area contributed by atoms with E-state index in [1.54, 1.807) is 34.9 Å². The molecule has 0 fully saturated rings. The van der Waals surface area contributed by atoms with Gasteiger partial charge in [0.1, 0.15) is 0 Å². The number of rotatable bonds is 8. The van der Waals surface area contributed by atoms with Crippen molar-refractivity contribution >= 4 is 33.6 Å². The van der Waals surface area contributed by atoms with Gasteiger partial charge in [0.15, 0.2) is 0 Å². The number of thioether (sulfide) groups is 1. The van der Waals surface area contributed by atoms with E-state index < -0.39 is 0 Å². The van der Waals surface area contributed by atoms with E-state index in [-0.39, 0.29) is 5.91 Å². The molecule has 2 rings (SSSR count). The SMILES string of the molecule is C=CCN(Cc1ccc(C#N)cc1)C(=O)CCSc1ccc(Br)cc1. The standard InChI is InChI=1S/C20H19BrN2OS/c1-2-12-23(15-17-5-3-16(14-22)4-6-17)20(24)11-13-25-19-9-7-18(21)8-10-19/h2-10H,1,11-13,15H2. The van der Waals surface area contributed by atoms with Crippen molar-refractivity contribution in [1.29, 1.82) is 5.26 Å². The summed E-state index contributed by atoms with van der Waals surface area (Å²) in [4.78, 5) is 15.4. The number of halogens is 1. The molecule has 0 saturated carbocycles. The van der Waals surface area contributed by atoms with Gasteiger partial charge < -0.3 is 4.90 Å². The number of benzene rings is 2. The van der Waals surface area contributed by atoms with Crippen LogP contribution in [0.4, 0.5) is 0 Å². The molecule has 0 bridgehead atoms. The molecule has 5 heteroatoms. The topological polar surface area (TPSA) is 44.1 Å². The van der Waals surface area contributed by atoms with E-state index >= 15 is 0 Å². The Morgan fingerprint density at radius 3 is 2.48 bits per heavy atom. The van der Waals surface area contributed by atoms with Crippen LogP contribution >= 0.6 is 27.7 Å². The van der Waals surface area contributed by atoms with E-state index in [1.807, 2.05) is 36.4 Å². The molecule has 2 aromatic carbocycles. The molecule has 0 unspecified atom stereocenters. The number of amides is 1. The van der Waals surface area contributed by atoms with Crippen molar-refractivity contribution in [3.63, 3.8) is 0 Å². The van der Waals surface area contributed by atoms with Gasteiger partial charge in [-0.1, -0.05) is 34.1 Å². The predicted molar refractivity (Wildman–Crippen MR) is 106 cm³/mol. The highest BCUT2D eigenvalue weighted by molar-refractivity contribution is 9.10. The van der Waals surface area contributed by atoms with Crippen molar-refractivity contribution in [2.75, 3.05) is 12.3 Å². The van der Waals surface area contributed by atoms with Gasteiger partial charge in [0.25, 0.3) is 0 Å². The lowest BCUT2D eigenvalue weighted by Gasteiger charge is -2.21. The summed E-state index contributed by atoms with van der Waals surface area (Å²) in [5.74, 6) is 0.843. The molecule has 0 radical (unpaired) electrons. The van der Waals surface area contributed by atoms with E-state index in [0.717, 1.165) is 20.7 Å². The monoisotopic (exact) mass is 414 g/mol. The fraction of sp³-hybridized carbons (Fsp3) is 0.200. The lowest BCUT2D eigenvalue weighted by atomic mass is 10.1. The van der Waals surface area contributed by atoms with Crippen LogP contribution in [0.1, 0.15) is 17.5 Å². The maximum Gasteiger partial charge on any atom is 0.223 e. The number of carbonyl (C=O) groups excluding carboxylic acids is 1. The zero-order valence-corrected chi connectivity index (χ0v) is 16.2. The van der Waals surface area contributed by atoms with E-state index in [4.69, 9.17) is 5.26 Å². The molecule has 2 aromatic rings. The van der Waals surface area contributed by atoms with Crippen LogP contribution in [-0.2, 0) is 11.3 Å². The van der Waals surface area contributed by atoms with Crippen molar-refractivity contribution in [2.45, 2.75) is 17.9 Å². The van der Waals surface area contributed by atoms with Crippen LogP contribution in [-0.4, -0.2) is 23.1 Å². The molecule has 0 heterocycles. The van der Waals surface area contributed by atoms with Crippen LogP contribution in [0.3, 0.4) is 0 Å². The van der Waals surface area contributed by atoms with Crippen molar-refractivity contribution < 1.29 is 4.79 Å². The first kappa shape index (κ1) is 19.3. The third-order valence-electron chi connectivity index (χ3n) is 3.56. The molecular weight excluding hydrogens is 396 g/mol. The molecule has 0 spiro atoms. The van der Waals surface area contributed by atoms with E-state index in [2.05, 4.69) is 28.6 Å². The van der Waals surface area contributed by atoms with Gasteiger partial charge in [-0.15, -0.1) is 18.3 Å². The number of nitriles is 1. The van der Waals surface area contributed by atoms with E-state index in [0.29, 0.717) is 25.1 Å². The number of nitrogens with zero attached hydrogens (tertiary/aromatic N) is 2. The minimum atomic E-state index is 0.105. The first-order valence-electron chi connectivity index (χ1n) is 7.88. The fourth-order valence-electron chi connectivity index (χ4n) is 2.26. The molecule has 25 heavy (non-hydrogen) atoms. The largest absolute Gasteiger partial charge is 0.335 e. The number of hydrogen-bond donors (Lipinski definition) is 0. The average Bonchev–Trinajstić information content (AvgIpc) is 2.63. The summed E-state index contributed by atoms with van der Waals surface area (Å²) >= 11 is 5.09. The molecule has 0 N–H and O–H groups in total. The van der Waals surface area contributed by atoms with Gasteiger partial charge in [0, 0.05) is 34.6 Å². The maximum atomic E-state index is 12.5. The Balaban J connectivity index is 1.89. The summed E-state index contributed by atoms with van der Waals surface area (Å²) < 4.78 is 1.05. The Morgan fingerprint density at radius 2 is 1.88 bits per heavy atom. The van der Waals surface area contributed by atoms with Gasteiger partial charge in [-0.25, -0.2) is 0 Å². The van der Waals surface area contributed by atoms with Crippen LogP contribution in [0, 0.1) is 11.3 Å². The number of hydrogen-bond acceptors (Lipinski definition) is 3. The van der Waals surface area contributed by atoms with Crippen molar-refractivity contribution in [3.8, 4) is 6.07 Å². The van der Waals surface area contributed by atoms with E-state index in [9.17, 15) is 4.79 Å². The van der Waals surface area contributed by atoms with Crippen LogP contribution < -0.4 is 0 Å². The Morgan fingerprint density at radius 1 is 1.20 bits per heavy atom. The second kappa shape index (κ2) is 10.1. The Labute approximate surface area is 161 Å². The van der Waals surface area contributed by atoms with Gasteiger partial charge >= 0.3 is 0 Å². The first-order valence-corrected chi connectivity index (χ1v) is 9.66. The van der Waals surface area contributed by atoms with E-state index in [1.165, 1.54) is 0 Å². The molecule has 1 amide bonds. The fourth-order valence-corrected chi connectivity index (χ4v) is 3.37. The molecule has 0 aliphatic carbocycles. The van der Waals surface area contributed by atoms with Gasteiger partial charge in [-0.2, -0.15) is 5.26 Å².